The molecule has 0 amide bonds. The van der Waals surface area contributed by atoms with Crippen LogP contribution in [0.5, 0.6) is 11.5 Å². The second-order valence-corrected chi connectivity index (χ2v) is 9.42. The van der Waals surface area contributed by atoms with E-state index in [4.69, 9.17) is 4.74 Å². The molecule has 28 heavy (non-hydrogen) atoms. The molecule has 1 aliphatic heterocycles. The van der Waals surface area contributed by atoms with Crippen LogP contribution in [-0.4, -0.2) is 55.8 Å². The van der Waals surface area contributed by atoms with Crippen LogP contribution in [0.3, 0.4) is 0 Å². The zero-order valence-electron chi connectivity index (χ0n) is 15.5. The number of hydrogen-bond acceptors (Lipinski definition) is 6. The second kappa shape index (κ2) is 8.16. The molecule has 0 N–H and O–H groups in total. The van der Waals surface area contributed by atoms with Gasteiger partial charge in [-0.3, -0.25) is 10.1 Å². The standard InChI is InChI=1S/C18H20BrN3O5S/c1-13-3-5-17(15(19)11-13)27-18-6-4-14(12-16(18)22(23)24)28(25,26)21-9-7-20(2)8-10-21/h3-6,11-12H,7-10H2,1-2H3. The van der Waals surface area contributed by atoms with Crippen molar-refractivity contribution in [2.24, 2.45) is 0 Å². The highest BCUT2D eigenvalue weighted by Gasteiger charge is 2.30. The molecule has 2 aromatic rings. The van der Waals surface area contributed by atoms with Crippen molar-refractivity contribution >= 4 is 31.6 Å². The summed E-state index contributed by atoms with van der Waals surface area (Å²) in [5, 5.41) is 11.5. The van der Waals surface area contributed by atoms with Crippen molar-refractivity contribution in [3.8, 4) is 11.5 Å². The van der Waals surface area contributed by atoms with Gasteiger partial charge in [-0.2, -0.15) is 4.31 Å². The molecule has 1 heterocycles. The summed E-state index contributed by atoms with van der Waals surface area (Å²) in [5.74, 6) is 0.384. The van der Waals surface area contributed by atoms with Gasteiger partial charge in [0.25, 0.3) is 0 Å². The van der Waals surface area contributed by atoms with E-state index in [2.05, 4.69) is 15.9 Å². The van der Waals surface area contributed by atoms with Crippen molar-refractivity contribution in [2.75, 3.05) is 33.2 Å². The number of piperazine rings is 1. The Bertz CT molecular complexity index is 1000. The lowest BCUT2D eigenvalue weighted by Crippen LogP contribution is -2.47. The van der Waals surface area contributed by atoms with Crippen molar-refractivity contribution < 1.29 is 18.1 Å². The fourth-order valence-corrected chi connectivity index (χ4v) is 4.89. The minimum atomic E-state index is -3.81. The van der Waals surface area contributed by atoms with Gasteiger partial charge in [0.2, 0.25) is 15.8 Å². The molecule has 1 saturated heterocycles. The third-order valence-electron chi connectivity index (χ3n) is 4.53. The highest BCUT2D eigenvalue weighted by atomic mass is 79.9. The third-order valence-corrected chi connectivity index (χ3v) is 7.05. The van der Waals surface area contributed by atoms with E-state index in [0.29, 0.717) is 36.4 Å². The van der Waals surface area contributed by atoms with Crippen LogP contribution in [0.1, 0.15) is 5.56 Å². The maximum atomic E-state index is 12.9. The summed E-state index contributed by atoms with van der Waals surface area (Å²) >= 11 is 3.37. The maximum Gasteiger partial charge on any atom is 0.312 e. The van der Waals surface area contributed by atoms with Gasteiger partial charge in [-0.15, -0.1) is 0 Å². The smallest absolute Gasteiger partial charge is 0.312 e. The Labute approximate surface area is 172 Å². The molecule has 0 bridgehead atoms. The zero-order valence-corrected chi connectivity index (χ0v) is 17.9. The Morgan fingerprint density at radius 2 is 1.71 bits per heavy atom. The van der Waals surface area contributed by atoms with E-state index in [1.807, 2.05) is 31.0 Å². The Morgan fingerprint density at radius 3 is 2.32 bits per heavy atom. The molecule has 150 valence electrons. The number of halogens is 1. The molecule has 0 spiro atoms. The molecule has 0 unspecified atom stereocenters. The van der Waals surface area contributed by atoms with E-state index in [0.717, 1.165) is 11.6 Å². The molecular weight excluding hydrogens is 450 g/mol. The van der Waals surface area contributed by atoms with Crippen molar-refractivity contribution in [1.82, 2.24) is 9.21 Å². The minimum absolute atomic E-state index is 0.0214. The Morgan fingerprint density at radius 1 is 1.07 bits per heavy atom. The van der Waals surface area contributed by atoms with E-state index in [1.165, 1.54) is 16.4 Å². The van der Waals surface area contributed by atoms with Gasteiger partial charge in [-0.1, -0.05) is 6.07 Å². The lowest BCUT2D eigenvalue weighted by atomic mass is 10.2. The fraction of sp³-hybridized carbons (Fsp3) is 0.333. The number of nitrogens with zero attached hydrogens (tertiary/aromatic N) is 3. The largest absolute Gasteiger partial charge is 0.449 e. The number of aryl methyl sites for hydroxylation is 1. The molecule has 0 radical (unpaired) electrons. The van der Waals surface area contributed by atoms with Crippen LogP contribution >= 0.6 is 15.9 Å². The number of likely N-dealkylation sites (N-methyl/N-ethyl adjacent to an activating group) is 1. The summed E-state index contributed by atoms with van der Waals surface area (Å²) in [7, 11) is -1.89. The zero-order chi connectivity index (χ0) is 20.5. The SMILES string of the molecule is Cc1ccc(Oc2ccc(S(=O)(=O)N3CCN(C)CC3)cc2[N+](=O)[O-])c(Br)c1. The Balaban J connectivity index is 1.94. The molecule has 1 fully saturated rings. The van der Waals surface area contributed by atoms with Crippen LogP contribution < -0.4 is 4.74 Å². The summed E-state index contributed by atoms with van der Waals surface area (Å²) in [5.41, 5.74) is 0.602. The molecule has 10 heteroatoms. The lowest BCUT2D eigenvalue weighted by Gasteiger charge is -2.31. The molecule has 1 aliphatic rings. The summed E-state index contributed by atoms with van der Waals surface area (Å²) in [6.07, 6.45) is 0. The molecule has 0 atom stereocenters. The minimum Gasteiger partial charge on any atom is -0.449 e. The second-order valence-electron chi connectivity index (χ2n) is 6.63. The predicted octanol–water partition coefficient (Wildman–Crippen LogP) is 3.39. The number of ether oxygens (including phenoxy) is 1. The number of nitro benzene ring substituents is 1. The predicted molar refractivity (Wildman–Crippen MR) is 108 cm³/mol. The van der Waals surface area contributed by atoms with Crippen molar-refractivity contribution in [2.45, 2.75) is 11.8 Å². The number of hydrogen-bond donors (Lipinski definition) is 0. The van der Waals surface area contributed by atoms with Gasteiger partial charge in [-0.05, 0) is 59.7 Å². The highest BCUT2D eigenvalue weighted by Crippen LogP contribution is 2.37. The Hall–Kier alpha value is -2.01. The Kier molecular flexibility index (Phi) is 6.04. The first-order valence-corrected chi connectivity index (χ1v) is 10.8. The van der Waals surface area contributed by atoms with Gasteiger partial charge in [0.15, 0.2) is 0 Å². The quantitative estimate of drug-likeness (QED) is 0.492. The van der Waals surface area contributed by atoms with Crippen molar-refractivity contribution in [3.05, 3.63) is 56.5 Å². The van der Waals surface area contributed by atoms with E-state index < -0.39 is 20.6 Å². The van der Waals surface area contributed by atoms with Gasteiger partial charge in [0.05, 0.1) is 14.3 Å². The first-order valence-electron chi connectivity index (χ1n) is 8.59. The summed E-state index contributed by atoms with van der Waals surface area (Å²) < 4.78 is 33.4. The topological polar surface area (TPSA) is 93.0 Å². The molecular formula is C18H20BrN3O5S. The van der Waals surface area contributed by atoms with E-state index in [-0.39, 0.29) is 10.6 Å². The third kappa shape index (κ3) is 4.35. The van der Waals surface area contributed by atoms with Crippen LogP contribution in [0.15, 0.2) is 45.8 Å². The molecule has 0 saturated carbocycles. The number of sulfonamides is 1. The van der Waals surface area contributed by atoms with E-state index in [1.54, 1.807) is 6.07 Å². The van der Waals surface area contributed by atoms with Gasteiger partial charge >= 0.3 is 5.69 Å². The molecule has 0 aromatic heterocycles. The first-order chi connectivity index (χ1) is 13.2. The van der Waals surface area contributed by atoms with Crippen LogP contribution in [0.25, 0.3) is 0 Å². The number of rotatable bonds is 5. The maximum absolute atomic E-state index is 12.9. The van der Waals surface area contributed by atoms with E-state index in [9.17, 15) is 18.5 Å². The molecule has 2 aromatic carbocycles. The van der Waals surface area contributed by atoms with Crippen LogP contribution in [-0.2, 0) is 10.0 Å². The number of benzene rings is 2. The van der Waals surface area contributed by atoms with Crippen molar-refractivity contribution in [1.29, 1.82) is 0 Å². The van der Waals surface area contributed by atoms with Gasteiger partial charge in [0.1, 0.15) is 5.75 Å². The number of nitro groups is 1. The summed E-state index contributed by atoms with van der Waals surface area (Å²) in [6.45, 7) is 3.84. The average molecular weight is 470 g/mol. The van der Waals surface area contributed by atoms with Crippen molar-refractivity contribution in [3.63, 3.8) is 0 Å². The van der Waals surface area contributed by atoms with E-state index >= 15 is 0 Å². The first kappa shape index (κ1) is 20.7. The summed E-state index contributed by atoms with van der Waals surface area (Å²) in [6, 6.07) is 9.07. The molecule has 3 rings (SSSR count). The van der Waals surface area contributed by atoms with Gasteiger partial charge in [-0.25, -0.2) is 8.42 Å². The van der Waals surface area contributed by atoms with Crippen LogP contribution in [0.2, 0.25) is 0 Å². The van der Waals surface area contributed by atoms with Gasteiger partial charge in [0, 0.05) is 32.2 Å². The molecule has 8 nitrogen and oxygen atoms in total. The molecule has 0 aliphatic carbocycles. The normalized spacial score (nSPS) is 16.1. The lowest BCUT2D eigenvalue weighted by molar-refractivity contribution is -0.385. The van der Waals surface area contributed by atoms with Crippen LogP contribution in [0, 0.1) is 17.0 Å². The highest BCUT2D eigenvalue weighted by molar-refractivity contribution is 9.10. The van der Waals surface area contributed by atoms with Crippen LogP contribution in [0.4, 0.5) is 5.69 Å². The van der Waals surface area contributed by atoms with Gasteiger partial charge < -0.3 is 9.64 Å². The monoisotopic (exact) mass is 469 g/mol. The fourth-order valence-electron chi connectivity index (χ4n) is 2.87. The summed E-state index contributed by atoms with van der Waals surface area (Å²) in [4.78, 5) is 12.8. The average Bonchev–Trinajstić information content (AvgIpc) is 2.64.